The topological polar surface area (TPSA) is 71.4 Å². The molecule has 0 aliphatic heterocycles. The van der Waals surface area contributed by atoms with Gasteiger partial charge in [-0.2, -0.15) is 0 Å². The largest absolute Gasteiger partial charge is 0.474 e. The molecule has 140 valence electrons. The van der Waals surface area contributed by atoms with Gasteiger partial charge in [0.2, 0.25) is 5.88 Å². The molecule has 0 amide bonds. The van der Waals surface area contributed by atoms with E-state index in [1.54, 1.807) is 24.6 Å². The Morgan fingerprint density at radius 2 is 2.04 bits per heavy atom. The summed E-state index contributed by atoms with van der Waals surface area (Å²) >= 11 is 1.72. The molecule has 2 aromatic heterocycles. The Hall–Kier alpha value is -2.15. The van der Waals surface area contributed by atoms with Crippen LogP contribution in [0.2, 0.25) is 0 Å². The van der Waals surface area contributed by atoms with Gasteiger partial charge in [0.15, 0.2) is 5.96 Å². The van der Waals surface area contributed by atoms with Crippen molar-refractivity contribution in [3.8, 4) is 5.88 Å². The van der Waals surface area contributed by atoms with E-state index in [-0.39, 0.29) is 0 Å². The highest BCUT2D eigenvalue weighted by molar-refractivity contribution is 7.11. The minimum atomic E-state index is 0.325. The number of guanidine groups is 1. The Balaban J connectivity index is 1.50. The number of ether oxygens (including phenoxy) is 1. The summed E-state index contributed by atoms with van der Waals surface area (Å²) in [5.74, 6) is 1.49. The molecule has 1 aliphatic carbocycles. The van der Waals surface area contributed by atoms with Gasteiger partial charge in [0, 0.05) is 30.7 Å². The molecule has 0 saturated heterocycles. The second-order valence-electron chi connectivity index (χ2n) is 6.55. The Labute approximate surface area is 159 Å². The molecule has 0 unspecified atom stereocenters. The molecule has 1 aliphatic rings. The van der Waals surface area contributed by atoms with Crippen molar-refractivity contribution in [2.24, 2.45) is 4.99 Å². The predicted molar refractivity (Wildman–Crippen MR) is 106 cm³/mol. The van der Waals surface area contributed by atoms with Gasteiger partial charge in [-0.3, -0.25) is 4.99 Å². The average molecular weight is 374 g/mol. The number of nitrogens with zero attached hydrogens (tertiary/aromatic N) is 3. The van der Waals surface area contributed by atoms with E-state index in [1.165, 1.54) is 17.7 Å². The van der Waals surface area contributed by atoms with E-state index in [2.05, 4.69) is 25.6 Å². The second-order valence-corrected chi connectivity index (χ2v) is 7.84. The van der Waals surface area contributed by atoms with Crippen molar-refractivity contribution in [2.75, 3.05) is 7.05 Å². The van der Waals surface area contributed by atoms with Gasteiger partial charge in [-0.05, 0) is 51.2 Å². The van der Waals surface area contributed by atoms with Crippen molar-refractivity contribution in [1.82, 2.24) is 20.6 Å². The van der Waals surface area contributed by atoms with Crippen molar-refractivity contribution in [1.29, 1.82) is 0 Å². The first-order chi connectivity index (χ1) is 12.6. The highest BCUT2D eigenvalue weighted by Crippen LogP contribution is 2.23. The summed E-state index contributed by atoms with van der Waals surface area (Å²) < 4.78 is 5.98. The number of aryl methyl sites for hydroxylation is 2. The third-order valence-corrected chi connectivity index (χ3v) is 5.56. The summed E-state index contributed by atoms with van der Waals surface area (Å²) in [5, 5.41) is 7.78. The summed E-state index contributed by atoms with van der Waals surface area (Å²) in [6.45, 7) is 5.47. The lowest BCUT2D eigenvalue weighted by Gasteiger charge is -2.14. The van der Waals surface area contributed by atoms with Gasteiger partial charge >= 0.3 is 0 Å². The summed E-state index contributed by atoms with van der Waals surface area (Å²) in [4.78, 5) is 14.3. The van der Waals surface area contributed by atoms with E-state index in [0.717, 1.165) is 47.5 Å². The van der Waals surface area contributed by atoms with Crippen LogP contribution in [0, 0.1) is 13.8 Å². The minimum Gasteiger partial charge on any atom is -0.474 e. The highest BCUT2D eigenvalue weighted by Gasteiger charge is 2.17. The van der Waals surface area contributed by atoms with Crippen molar-refractivity contribution >= 4 is 17.3 Å². The molecule has 2 aromatic rings. The molecular weight excluding hydrogens is 346 g/mol. The fourth-order valence-corrected chi connectivity index (χ4v) is 3.99. The monoisotopic (exact) mass is 373 g/mol. The third kappa shape index (κ3) is 5.17. The molecular formula is C19H27N5OS. The zero-order valence-electron chi connectivity index (χ0n) is 15.7. The summed E-state index contributed by atoms with van der Waals surface area (Å²) in [7, 11) is 1.78. The molecule has 0 spiro atoms. The van der Waals surface area contributed by atoms with Gasteiger partial charge < -0.3 is 15.4 Å². The molecule has 1 fully saturated rings. The van der Waals surface area contributed by atoms with E-state index in [9.17, 15) is 0 Å². The van der Waals surface area contributed by atoms with Gasteiger partial charge in [-0.15, -0.1) is 11.3 Å². The smallest absolute Gasteiger partial charge is 0.213 e. The van der Waals surface area contributed by atoms with E-state index in [1.807, 2.05) is 26.0 Å². The van der Waals surface area contributed by atoms with Gasteiger partial charge in [0.05, 0.1) is 17.2 Å². The lowest BCUT2D eigenvalue weighted by Crippen LogP contribution is -2.36. The van der Waals surface area contributed by atoms with Crippen LogP contribution < -0.4 is 15.4 Å². The molecule has 2 N–H and O–H groups in total. The molecule has 7 heteroatoms. The Morgan fingerprint density at radius 1 is 1.27 bits per heavy atom. The minimum absolute atomic E-state index is 0.325. The fourth-order valence-electron chi connectivity index (χ4n) is 3.11. The number of rotatable bonds is 6. The number of nitrogens with one attached hydrogen (secondary N) is 2. The molecule has 0 radical (unpaired) electrons. The second kappa shape index (κ2) is 8.98. The van der Waals surface area contributed by atoms with Crippen LogP contribution in [-0.2, 0) is 13.1 Å². The van der Waals surface area contributed by atoms with Crippen LogP contribution in [0.5, 0.6) is 5.88 Å². The summed E-state index contributed by atoms with van der Waals surface area (Å²) in [6, 6.07) is 4.01. The van der Waals surface area contributed by atoms with Crippen LogP contribution in [0.4, 0.5) is 0 Å². The van der Waals surface area contributed by atoms with Crippen LogP contribution in [0.1, 0.15) is 46.8 Å². The molecule has 6 nitrogen and oxygen atoms in total. The van der Waals surface area contributed by atoms with Gasteiger partial charge in [-0.25, -0.2) is 9.97 Å². The van der Waals surface area contributed by atoms with Gasteiger partial charge in [-0.1, -0.05) is 0 Å². The van der Waals surface area contributed by atoms with Crippen LogP contribution in [0.15, 0.2) is 23.3 Å². The lowest BCUT2D eigenvalue weighted by atomic mass is 10.2. The van der Waals surface area contributed by atoms with E-state index in [4.69, 9.17) is 4.74 Å². The average Bonchev–Trinajstić information content (AvgIpc) is 3.25. The Kier molecular flexibility index (Phi) is 6.44. The van der Waals surface area contributed by atoms with Crippen LogP contribution in [-0.4, -0.2) is 29.1 Å². The normalized spacial score (nSPS) is 15.3. The molecule has 26 heavy (non-hydrogen) atoms. The Bertz CT molecular complexity index is 752. The maximum Gasteiger partial charge on any atom is 0.213 e. The Morgan fingerprint density at radius 3 is 2.73 bits per heavy atom. The van der Waals surface area contributed by atoms with Crippen molar-refractivity contribution in [3.05, 3.63) is 39.5 Å². The first-order valence-corrected chi connectivity index (χ1v) is 9.94. The zero-order chi connectivity index (χ0) is 18.4. The standard InChI is InChI=1S/C19H27N5OS/c1-13-17(26-14(2)24-13)12-23-19(20-3)22-11-15-8-9-21-18(10-15)25-16-6-4-5-7-16/h8-10,16H,4-7,11-12H2,1-3H3,(H2,20,22,23). The van der Waals surface area contributed by atoms with Crippen LogP contribution in [0.25, 0.3) is 0 Å². The number of hydrogen-bond acceptors (Lipinski definition) is 5. The molecule has 0 bridgehead atoms. The maximum absolute atomic E-state index is 5.98. The number of thiazole rings is 1. The molecule has 0 aromatic carbocycles. The van der Waals surface area contributed by atoms with Gasteiger partial charge in [0.1, 0.15) is 6.10 Å². The number of aromatic nitrogens is 2. The number of pyridine rings is 1. The zero-order valence-corrected chi connectivity index (χ0v) is 16.5. The molecule has 3 rings (SSSR count). The molecule has 1 saturated carbocycles. The first-order valence-electron chi connectivity index (χ1n) is 9.13. The summed E-state index contributed by atoms with van der Waals surface area (Å²) in [6.07, 6.45) is 6.92. The van der Waals surface area contributed by atoms with Crippen LogP contribution >= 0.6 is 11.3 Å². The van der Waals surface area contributed by atoms with Gasteiger partial charge in [0.25, 0.3) is 0 Å². The van der Waals surface area contributed by atoms with Crippen LogP contribution in [0.3, 0.4) is 0 Å². The van der Waals surface area contributed by atoms with E-state index in [0.29, 0.717) is 12.6 Å². The molecule has 0 atom stereocenters. The number of hydrogen-bond donors (Lipinski definition) is 2. The van der Waals surface area contributed by atoms with Crippen molar-refractivity contribution in [2.45, 2.75) is 58.7 Å². The number of aliphatic imine (C=N–C) groups is 1. The van der Waals surface area contributed by atoms with E-state index < -0.39 is 0 Å². The first kappa shape index (κ1) is 18.6. The maximum atomic E-state index is 5.98. The van der Waals surface area contributed by atoms with Crippen molar-refractivity contribution in [3.63, 3.8) is 0 Å². The molecule has 2 heterocycles. The fraction of sp³-hybridized carbons (Fsp3) is 0.526. The van der Waals surface area contributed by atoms with E-state index >= 15 is 0 Å². The lowest BCUT2D eigenvalue weighted by molar-refractivity contribution is 0.201. The quantitative estimate of drug-likeness (QED) is 0.600. The predicted octanol–water partition coefficient (Wildman–Crippen LogP) is 3.34. The highest BCUT2D eigenvalue weighted by atomic mass is 32.1. The third-order valence-electron chi connectivity index (χ3n) is 4.49. The van der Waals surface area contributed by atoms with Crippen molar-refractivity contribution < 1.29 is 4.74 Å². The summed E-state index contributed by atoms with van der Waals surface area (Å²) in [5.41, 5.74) is 2.21. The SMILES string of the molecule is CN=C(NCc1ccnc(OC2CCCC2)c1)NCc1sc(C)nc1C.